The standard InChI is InChI=1S/C16H17Cl2NO3/c17-13-3-1-2-12(15(13)18)14-5-4-11(22-14)8-19-7-6-16(21,9-19)10-20/h1-5,20-21H,6-10H2/t16-/m0/s1. The number of aliphatic hydroxyl groups is 2. The summed E-state index contributed by atoms with van der Waals surface area (Å²) in [5, 5.41) is 20.2. The number of rotatable bonds is 4. The van der Waals surface area contributed by atoms with Crippen molar-refractivity contribution < 1.29 is 14.6 Å². The number of aliphatic hydroxyl groups excluding tert-OH is 1. The Labute approximate surface area is 138 Å². The van der Waals surface area contributed by atoms with Gasteiger partial charge in [0, 0.05) is 18.7 Å². The van der Waals surface area contributed by atoms with Crippen LogP contribution in [0.25, 0.3) is 11.3 Å². The summed E-state index contributed by atoms with van der Waals surface area (Å²) in [7, 11) is 0. The van der Waals surface area contributed by atoms with Crippen molar-refractivity contribution in [1.29, 1.82) is 0 Å². The van der Waals surface area contributed by atoms with E-state index in [2.05, 4.69) is 4.90 Å². The lowest BCUT2D eigenvalue weighted by Crippen LogP contribution is -2.36. The van der Waals surface area contributed by atoms with Gasteiger partial charge in [-0.2, -0.15) is 0 Å². The largest absolute Gasteiger partial charge is 0.460 e. The molecule has 2 aromatic rings. The molecule has 2 heterocycles. The summed E-state index contributed by atoms with van der Waals surface area (Å²) in [5.74, 6) is 1.45. The molecule has 0 spiro atoms. The van der Waals surface area contributed by atoms with Crippen LogP contribution in [0, 0.1) is 0 Å². The van der Waals surface area contributed by atoms with Gasteiger partial charge in [-0.05, 0) is 30.7 Å². The van der Waals surface area contributed by atoms with Crippen LogP contribution in [0.1, 0.15) is 12.2 Å². The molecule has 1 aliphatic rings. The second kappa shape index (κ2) is 6.22. The topological polar surface area (TPSA) is 56.8 Å². The normalized spacial score (nSPS) is 22.4. The highest BCUT2D eigenvalue weighted by atomic mass is 35.5. The Morgan fingerprint density at radius 3 is 2.77 bits per heavy atom. The summed E-state index contributed by atoms with van der Waals surface area (Å²) in [6.45, 7) is 1.54. The van der Waals surface area contributed by atoms with Gasteiger partial charge in [0.2, 0.25) is 0 Å². The van der Waals surface area contributed by atoms with Crippen molar-refractivity contribution in [2.75, 3.05) is 19.7 Å². The maximum absolute atomic E-state index is 10.0. The van der Waals surface area contributed by atoms with Gasteiger partial charge in [-0.1, -0.05) is 29.3 Å². The summed E-state index contributed by atoms with van der Waals surface area (Å²) in [5.41, 5.74) is -0.236. The molecule has 3 rings (SSSR count). The Morgan fingerprint density at radius 2 is 2.05 bits per heavy atom. The van der Waals surface area contributed by atoms with E-state index in [0.717, 1.165) is 17.9 Å². The second-order valence-corrected chi connectivity index (χ2v) is 6.50. The first-order chi connectivity index (χ1) is 10.5. The Balaban J connectivity index is 1.74. The highest BCUT2D eigenvalue weighted by molar-refractivity contribution is 6.43. The van der Waals surface area contributed by atoms with Crippen LogP contribution in [0.3, 0.4) is 0 Å². The van der Waals surface area contributed by atoms with E-state index in [1.807, 2.05) is 24.3 Å². The fourth-order valence-corrected chi connectivity index (χ4v) is 3.12. The number of hydrogen-bond acceptors (Lipinski definition) is 4. The zero-order valence-electron chi connectivity index (χ0n) is 11.9. The van der Waals surface area contributed by atoms with Crippen molar-refractivity contribution >= 4 is 23.2 Å². The van der Waals surface area contributed by atoms with Crippen molar-refractivity contribution in [2.24, 2.45) is 0 Å². The Morgan fingerprint density at radius 1 is 1.23 bits per heavy atom. The van der Waals surface area contributed by atoms with Gasteiger partial charge < -0.3 is 14.6 Å². The fraction of sp³-hybridized carbons (Fsp3) is 0.375. The molecule has 6 heteroatoms. The molecule has 0 saturated carbocycles. The number of β-amino-alcohol motifs (C(OH)–C–C–N with tert-alkyl or cyclic N) is 1. The van der Waals surface area contributed by atoms with Gasteiger partial charge in [0.15, 0.2) is 0 Å². The van der Waals surface area contributed by atoms with Crippen LogP contribution in [-0.2, 0) is 6.54 Å². The van der Waals surface area contributed by atoms with Gasteiger partial charge in [0.05, 0.1) is 23.2 Å². The Kier molecular flexibility index (Phi) is 4.48. The van der Waals surface area contributed by atoms with Crippen LogP contribution < -0.4 is 0 Å². The Hall–Kier alpha value is -1.04. The molecule has 0 unspecified atom stereocenters. The molecule has 118 valence electrons. The summed E-state index contributed by atoms with van der Waals surface area (Å²) >= 11 is 12.2. The molecule has 1 saturated heterocycles. The molecule has 22 heavy (non-hydrogen) atoms. The number of halogens is 2. The second-order valence-electron chi connectivity index (χ2n) is 5.71. The average molecular weight is 342 g/mol. The first-order valence-electron chi connectivity index (χ1n) is 7.09. The summed E-state index contributed by atoms with van der Waals surface area (Å²) in [6, 6.07) is 9.17. The van der Waals surface area contributed by atoms with Crippen molar-refractivity contribution in [3.05, 3.63) is 46.1 Å². The summed E-state index contributed by atoms with van der Waals surface area (Å²) in [4.78, 5) is 2.05. The molecule has 0 bridgehead atoms. The lowest BCUT2D eigenvalue weighted by Gasteiger charge is -2.20. The van der Waals surface area contributed by atoms with E-state index in [9.17, 15) is 10.2 Å². The monoisotopic (exact) mass is 341 g/mol. The lowest BCUT2D eigenvalue weighted by molar-refractivity contribution is -0.00616. The van der Waals surface area contributed by atoms with Crippen molar-refractivity contribution in [1.82, 2.24) is 4.90 Å². The molecule has 0 amide bonds. The van der Waals surface area contributed by atoms with E-state index in [-0.39, 0.29) is 6.61 Å². The summed E-state index contributed by atoms with van der Waals surface area (Å²) < 4.78 is 5.84. The van der Waals surface area contributed by atoms with Crippen molar-refractivity contribution in [3.8, 4) is 11.3 Å². The number of likely N-dealkylation sites (tertiary alicyclic amines) is 1. The third-order valence-corrected chi connectivity index (χ3v) is 4.78. The maximum Gasteiger partial charge on any atom is 0.135 e. The molecule has 4 nitrogen and oxygen atoms in total. The van der Waals surface area contributed by atoms with Gasteiger partial charge in [-0.15, -0.1) is 0 Å². The van der Waals surface area contributed by atoms with Crippen molar-refractivity contribution in [2.45, 2.75) is 18.6 Å². The molecule has 1 aliphatic heterocycles. The van der Waals surface area contributed by atoms with Gasteiger partial charge >= 0.3 is 0 Å². The first kappa shape index (κ1) is 15.8. The van der Waals surface area contributed by atoms with Crippen LogP contribution in [0.4, 0.5) is 0 Å². The third kappa shape index (κ3) is 3.16. The third-order valence-electron chi connectivity index (χ3n) is 3.96. The van der Waals surface area contributed by atoms with Crippen LogP contribution in [0.15, 0.2) is 34.7 Å². The fourth-order valence-electron chi connectivity index (χ4n) is 2.73. The average Bonchev–Trinajstić information content (AvgIpc) is 3.10. The van der Waals surface area contributed by atoms with E-state index in [1.165, 1.54) is 0 Å². The smallest absolute Gasteiger partial charge is 0.135 e. The molecule has 1 aromatic heterocycles. The predicted octanol–water partition coefficient (Wildman–Crippen LogP) is 3.18. The van der Waals surface area contributed by atoms with Crippen molar-refractivity contribution in [3.63, 3.8) is 0 Å². The summed E-state index contributed by atoms with van der Waals surface area (Å²) in [6.07, 6.45) is 0.567. The zero-order chi connectivity index (χ0) is 15.7. The zero-order valence-corrected chi connectivity index (χ0v) is 13.4. The first-order valence-corrected chi connectivity index (χ1v) is 7.85. The molecule has 2 N–H and O–H groups in total. The van der Waals surface area contributed by atoms with Gasteiger partial charge in [-0.25, -0.2) is 0 Å². The molecule has 1 atom stereocenters. The van der Waals surface area contributed by atoms with E-state index >= 15 is 0 Å². The molecular weight excluding hydrogens is 325 g/mol. The van der Waals surface area contributed by atoms with Crippen LogP contribution in [0.5, 0.6) is 0 Å². The Bertz CT molecular complexity index is 673. The lowest BCUT2D eigenvalue weighted by atomic mass is 10.1. The molecule has 0 aliphatic carbocycles. The SMILES string of the molecule is OC[C@]1(O)CCN(Cc2ccc(-c3cccc(Cl)c3Cl)o2)C1. The maximum atomic E-state index is 10.0. The predicted molar refractivity (Wildman–Crippen MR) is 86.1 cm³/mol. The number of benzene rings is 1. The minimum absolute atomic E-state index is 0.217. The number of nitrogens with zero attached hydrogens (tertiary/aromatic N) is 1. The highest BCUT2D eigenvalue weighted by Gasteiger charge is 2.35. The van der Waals surface area contributed by atoms with E-state index in [0.29, 0.717) is 35.3 Å². The van der Waals surface area contributed by atoms with Crippen LogP contribution in [0.2, 0.25) is 10.0 Å². The highest BCUT2D eigenvalue weighted by Crippen LogP contribution is 2.34. The molecule has 1 fully saturated rings. The minimum Gasteiger partial charge on any atom is -0.460 e. The van der Waals surface area contributed by atoms with Gasteiger partial charge in [-0.3, -0.25) is 4.90 Å². The van der Waals surface area contributed by atoms with Crippen LogP contribution in [-0.4, -0.2) is 40.4 Å². The quantitative estimate of drug-likeness (QED) is 0.896. The number of furan rings is 1. The van der Waals surface area contributed by atoms with E-state index in [4.69, 9.17) is 27.6 Å². The molecule has 1 aromatic carbocycles. The van der Waals surface area contributed by atoms with E-state index in [1.54, 1.807) is 6.07 Å². The van der Waals surface area contributed by atoms with Gasteiger partial charge in [0.25, 0.3) is 0 Å². The van der Waals surface area contributed by atoms with Gasteiger partial charge in [0.1, 0.15) is 17.1 Å². The molecule has 0 radical (unpaired) electrons. The minimum atomic E-state index is -0.994. The van der Waals surface area contributed by atoms with E-state index < -0.39 is 5.60 Å². The number of hydrogen-bond donors (Lipinski definition) is 2. The van der Waals surface area contributed by atoms with Crippen LogP contribution >= 0.6 is 23.2 Å². The molecular formula is C16H17Cl2NO3.